The number of hydrogen-bond acceptors (Lipinski definition) is 5. The minimum absolute atomic E-state index is 0.0439. The minimum atomic E-state index is -0.101. The SMILES string of the molecule is COCC(=O)Cc1nc(Cc2ccccc2Cl)no1. The zero-order valence-corrected chi connectivity index (χ0v) is 11.2. The molecule has 19 heavy (non-hydrogen) atoms. The van der Waals surface area contributed by atoms with Gasteiger partial charge in [0.25, 0.3) is 0 Å². The van der Waals surface area contributed by atoms with E-state index in [0.29, 0.717) is 23.2 Å². The first kappa shape index (κ1) is 13.7. The zero-order valence-electron chi connectivity index (χ0n) is 10.4. The maximum absolute atomic E-state index is 11.4. The molecular weight excluding hydrogens is 268 g/mol. The number of nitrogens with zero attached hydrogens (tertiary/aromatic N) is 2. The standard InChI is InChI=1S/C13H13ClN2O3/c1-18-8-10(17)7-13-15-12(16-19-13)6-9-4-2-3-5-11(9)14/h2-5H,6-8H2,1H3. The molecule has 0 unspecified atom stereocenters. The van der Waals surface area contributed by atoms with Crippen molar-refractivity contribution in [3.63, 3.8) is 0 Å². The van der Waals surface area contributed by atoms with Crippen LogP contribution in [0.2, 0.25) is 5.02 Å². The van der Waals surface area contributed by atoms with Gasteiger partial charge < -0.3 is 9.26 Å². The maximum Gasteiger partial charge on any atom is 0.234 e. The summed E-state index contributed by atoms with van der Waals surface area (Å²) in [5.41, 5.74) is 0.916. The van der Waals surface area contributed by atoms with E-state index in [4.69, 9.17) is 20.9 Å². The molecule has 0 bridgehead atoms. The number of benzene rings is 1. The van der Waals surface area contributed by atoms with Crippen molar-refractivity contribution in [1.29, 1.82) is 0 Å². The average molecular weight is 281 g/mol. The van der Waals surface area contributed by atoms with E-state index in [1.54, 1.807) is 6.07 Å². The van der Waals surface area contributed by atoms with E-state index in [1.165, 1.54) is 7.11 Å². The van der Waals surface area contributed by atoms with Gasteiger partial charge in [0.1, 0.15) is 6.61 Å². The van der Waals surface area contributed by atoms with E-state index in [9.17, 15) is 4.79 Å². The lowest BCUT2D eigenvalue weighted by molar-refractivity contribution is -0.122. The number of halogens is 1. The van der Waals surface area contributed by atoms with Crippen LogP contribution in [0.5, 0.6) is 0 Å². The lowest BCUT2D eigenvalue weighted by Crippen LogP contribution is -2.09. The Balaban J connectivity index is 2.02. The fraction of sp³-hybridized carbons (Fsp3) is 0.308. The first-order chi connectivity index (χ1) is 9.19. The lowest BCUT2D eigenvalue weighted by atomic mass is 10.1. The second-order valence-electron chi connectivity index (χ2n) is 4.02. The molecule has 0 spiro atoms. The third-order valence-corrected chi connectivity index (χ3v) is 2.84. The number of rotatable bonds is 6. The van der Waals surface area contributed by atoms with Crippen molar-refractivity contribution in [2.24, 2.45) is 0 Å². The van der Waals surface area contributed by atoms with Gasteiger partial charge in [0, 0.05) is 18.6 Å². The number of ether oxygens (including phenoxy) is 1. The van der Waals surface area contributed by atoms with Gasteiger partial charge in [0.2, 0.25) is 5.89 Å². The normalized spacial score (nSPS) is 10.6. The summed E-state index contributed by atoms with van der Waals surface area (Å²) < 4.78 is 9.75. The predicted octanol–water partition coefficient (Wildman–Crippen LogP) is 2.07. The molecule has 0 radical (unpaired) electrons. The summed E-state index contributed by atoms with van der Waals surface area (Å²) in [6.45, 7) is 0.0439. The average Bonchev–Trinajstić information content (AvgIpc) is 2.80. The van der Waals surface area contributed by atoms with Crippen LogP contribution < -0.4 is 0 Å². The second-order valence-corrected chi connectivity index (χ2v) is 4.43. The summed E-state index contributed by atoms with van der Waals surface area (Å²) >= 11 is 6.05. The van der Waals surface area contributed by atoms with Gasteiger partial charge in [-0.1, -0.05) is 35.0 Å². The van der Waals surface area contributed by atoms with E-state index in [-0.39, 0.29) is 18.8 Å². The molecule has 0 aliphatic heterocycles. The molecule has 0 saturated carbocycles. The van der Waals surface area contributed by atoms with E-state index >= 15 is 0 Å². The first-order valence-electron chi connectivity index (χ1n) is 5.74. The van der Waals surface area contributed by atoms with E-state index < -0.39 is 0 Å². The predicted molar refractivity (Wildman–Crippen MR) is 69.1 cm³/mol. The van der Waals surface area contributed by atoms with Gasteiger partial charge in [0.15, 0.2) is 11.6 Å². The molecule has 6 heteroatoms. The molecule has 2 aromatic rings. The Hall–Kier alpha value is -1.72. The molecular formula is C13H13ClN2O3. The van der Waals surface area contributed by atoms with Crippen LogP contribution >= 0.6 is 11.6 Å². The molecule has 1 aromatic heterocycles. The van der Waals surface area contributed by atoms with Crippen LogP contribution in [0.25, 0.3) is 0 Å². The molecule has 1 heterocycles. The molecule has 0 saturated heterocycles. The van der Waals surface area contributed by atoms with Crippen molar-refractivity contribution in [2.45, 2.75) is 12.8 Å². The summed E-state index contributed by atoms with van der Waals surface area (Å²) in [4.78, 5) is 15.5. The van der Waals surface area contributed by atoms with Gasteiger partial charge in [-0.2, -0.15) is 4.98 Å². The summed E-state index contributed by atoms with van der Waals surface area (Å²) in [6.07, 6.45) is 0.561. The Morgan fingerprint density at radius 1 is 1.42 bits per heavy atom. The second kappa shape index (κ2) is 6.45. The van der Waals surface area contributed by atoms with Crippen molar-refractivity contribution in [2.75, 3.05) is 13.7 Å². The van der Waals surface area contributed by atoms with E-state index in [2.05, 4.69) is 10.1 Å². The number of carbonyl (C=O) groups is 1. The summed E-state index contributed by atoms with van der Waals surface area (Å²) in [7, 11) is 1.47. The van der Waals surface area contributed by atoms with E-state index in [0.717, 1.165) is 5.56 Å². The van der Waals surface area contributed by atoms with Crippen molar-refractivity contribution in [3.05, 3.63) is 46.6 Å². The zero-order chi connectivity index (χ0) is 13.7. The number of Topliss-reactive ketones (excluding diaryl/α,β-unsaturated/α-hetero) is 1. The van der Waals surface area contributed by atoms with Crippen LogP contribution in [0.15, 0.2) is 28.8 Å². The first-order valence-corrected chi connectivity index (χ1v) is 6.12. The number of ketones is 1. The molecule has 1 aromatic carbocycles. The Morgan fingerprint density at radius 3 is 2.95 bits per heavy atom. The third kappa shape index (κ3) is 3.87. The molecule has 5 nitrogen and oxygen atoms in total. The maximum atomic E-state index is 11.4. The van der Waals surface area contributed by atoms with Gasteiger partial charge >= 0.3 is 0 Å². The highest BCUT2D eigenvalue weighted by atomic mass is 35.5. The number of hydrogen-bond donors (Lipinski definition) is 0. The van der Waals surface area contributed by atoms with Crippen LogP contribution in [-0.2, 0) is 22.4 Å². The van der Waals surface area contributed by atoms with Gasteiger partial charge in [-0.3, -0.25) is 4.79 Å². The van der Waals surface area contributed by atoms with Gasteiger partial charge in [-0.05, 0) is 11.6 Å². The van der Waals surface area contributed by atoms with Crippen molar-refractivity contribution < 1.29 is 14.1 Å². The number of aromatic nitrogens is 2. The third-order valence-electron chi connectivity index (χ3n) is 2.47. The van der Waals surface area contributed by atoms with Crippen LogP contribution in [0.3, 0.4) is 0 Å². The van der Waals surface area contributed by atoms with Crippen LogP contribution in [-0.4, -0.2) is 29.6 Å². The molecule has 0 fully saturated rings. The van der Waals surface area contributed by atoms with Crippen molar-refractivity contribution >= 4 is 17.4 Å². The van der Waals surface area contributed by atoms with Gasteiger partial charge in [0.05, 0.1) is 6.42 Å². The fourth-order valence-electron chi connectivity index (χ4n) is 1.63. The summed E-state index contributed by atoms with van der Waals surface area (Å²) in [5, 5.41) is 4.48. The van der Waals surface area contributed by atoms with Crippen LogP contribution in [0.1, 0.15) is 17.3 Å². The highest BCUT2D eigenvalue weighted by Crippen LogP contribution is 2.17. The summed E-state index contributed by atoms with van der Waals surface area (Å²) in [6, 6.07) is 7.45. The minimum Gasteiger partial charge on any atom is -0.377 e. The molecule has 0 amide bonds. The largest absolute Gasteiger partial charge is 0.377 e. The highest BCUT2D eigenvalue weighted by Gasteiger charge is 2.12. The molecule has 100 valence electrons. The topological polar surface area (TPSA) is 65.2 Å². The molecule has 0 aliphatic rings. The lowest BCUT2D eigenvalue weighted by Gasteiger charge is -1.98. The van der Waals surface area contributed by atoms with Crippen molar-refractivity contribution in [1.82, 2.24) is 10.1 Å². The smallest absolute Gasteiger partial charge is 0.234 e. The number of carbonyl (C=O) groups excluding carboxylic acids is 1. The Morgan fingerprint density at radius 2 is 2.21 bits per heavy atom. The molecule has 0 N–H and O–H groups in total. The Labute approximate surface area is 115 Å². The monoisotopic (exact) mass is 280 g/mol. The molecule has 0 aliphatic carbocycles. The highest BCUT2D eigenvalue weighted by molar-refractivity contribution is 6.31. The van der Waals surface area contributed by atoms with Gasteiger partial charge in [-0.25, -0.2) is 0 Å². The fourth-order valence-corrected chi connectivity index (χ4v) is 1.83. The summed E-state index contributed by atoms with van der Waals surface area (Å²) in [5.74, 6) is 0.702. The van der Waals surface area contributed by atoms with Crippen LogP contribution in [0, 0.1) is 0 Å². The van der Waals surface area contributed by atoms with Gasteiger partial charge in [-0.15, -0.1) is 0 Å². The van der Waals surface area contributed by atoms with Crippen LogP contribution in [0.4, 0.5) is 0 Å². The van der Waals surface area contributed by atoms with E-state index in [1.807, 2.05) is 18.2 Å². The number of methoxy groups -OCH3 is 1. The Bertz CT molecular complexity index is 569. The quantitative estimate of drug-likeness (QED) is 0.810. The molecule has 0 atom stereocenters. The Kier molecular flexibility index (Phi) is 4.65. The molecule has 2 rings (SSSR count). The van der Waals surface area contributed by atoms with Crippen molar-refractivity contribution in [3.8, 4) is 0 Å².